The van der Waals surface area contributed by atoms with Gasteiger partial charge in [0.1, 0.15) is 5.65 Å². The molecule has 0 amide bonds. The maximum absolute atomic E-state index is 13.4. The predicted molar refractivity (Wildman–Crippen MR) is 337 cm³/mol. The molecule has 9 heterocycles. The Morgan fingerprint density at radius 2 is 0.889 bits per heavy atom. The topological polar surface area (TPSA) is 280 Å². The van der Waals surface area contributed by atoms with Gasteiger partial charge in [-0.05, 0) is 93.5 Å². The second-order valence-electron chi connectivity index (χ2n) is 18.7. The summed E-state index contributed by atoms with van der Waals surface area (Å²) in [5.74, 6) is 0. The molecule has 0 aliphatic carbocycles. The van der Waals surface area contributed by atoms with Crippen LogP contribution in [-0.2, 0) is 110 Å². The van der Waals surface area contributed by atoms with Crippen molar-refractivity contribution in [1.82, 2.24) is 57.2 Å². The number of fused-ring (bicyclic) bond motifs is 3. The molecule has 4 aromatic carbocycles. The molecular weight excluding hydrogens is 1510 g/mol. The van der Waals surface area contributed by atoms with E-state index in [9.17, 15) is 16.8 Å². The summed E-state index contributed by atoms with van der Waals surface area (Å²) in [6.07, 6.45) is 23.2. The van der Waals surface area contributed by atoms with Crippen LogP contribution in [-0.4, -0.2) is 194 Å². The van der Waals surface area contributed by atoms with Gasteiger partial charge in [0.15, 0.2) is 11.3 Å². The molecule has 0 fully saturated rings. The number of aromatic amines is 1. The first-order valence-corrected chi connectivity index (χ1v) is 29.6. The summed E-state index contributed by atoms with van der Waals surface area (Å²) in [5, 5.41) is 22.4. The van der Waals surface area contributed by atoms with E-state index < -0.39 is 20.0 Å². The fraction of sp³-hybridized carbons (Fsp3) is 0.0984. The van der Waals surface area contributed by atoms with E-state index in [0.29, 0.717) is 17.7 Å². The summed E-state index contributed by atoms with van der Waals surface area (Å²) < 4.78 is 69.4. The van der Waals surface area contributed by atoms with Gasteiger partial charge in [-0.1, -0.05) is 104 Å². The van der Waals surface area contributed by atoms with Gasteiger partial charge in [-0.3, -0.25) is 18.8 Å². The molecule has 9 aromatic heterocycles. The second-order valence-corrected chi connectivity index (χ2v) is 23.3. The molecule has 0 saturated carbocycles. The normalized spacial score (nSPS) is 10.4. The van der Waals surface area contributed by atoms with E-state index in [1.54, 1.807) is 128 Å². The van der Waals surface area contributed by atoms with E-state index in [-0.39, 0.29) is 184 Å². The summed E-state index contributed by atoms with van der Waals surface area (Å²) in [4.78, 5) is 28.7. The molecule has 0 saturated heterocycles. The van der Waals surface area contributed by atoms with Crippen molar-refractivity contribution in [1.29, 1.82) is 0 Å². The Morgan fingerprint density at radius 1 is 0.533 bits per heavy atom. The zero-order valence-electron chi connectivity index (χ0n) is 48.7. The molecule has 0 bridgehead atoms. The number of nitrogens with zero attached hydrogens (tertiary/aromatic N) is 11. The van der Waals surface area contributed by atoms with Gasteiger partial charge in [0.2, 0.25) is 0 Å². The first kappa shape index (κ1) is 80.1. The Kier molecular flexibility index (Phi) is 33.6. The van der Waals surface area contributed by atoms with Crippen LogP contribution in [0.25, 0.3) is 66.5 Å². The number of aryl methyl sites for hydroxylation is 3. The number of carbonyl (C=O) groups is 1. The molecule has 3 radical (unpaired) electrons. The van der Waals surface area contributed by atoms with Gasteiger partial charge in [0.05, 0.1) is 28.4 Å². The van der Waals surface area contributed by atoms with Crippen molar-refractivity contribution in [2.75, 3.05) is 0 Å². The van der Waals surface area contributed by atoms with E-state index in [1.807, 2.05) is 99.4 Å². The number of hydrogen-bond acceptors (Lipinski definition) is 15. The number of halogens is 1. The van der Waals surface area contributed by atoms with Crippen LogP contribution in [0.4, 0.5) is 0 Å². The summed E-state index contributed by atoms with van der Waals surface area (Å²) >= 11 is 5.11. The van der Waals surface area contributed by atoms with Crippen LogP contribution in [0.5, 0.6) is 0 Å². The van der Waals surface area contributed by atoms with Crippen LogP contribution in [0.2, 0.25) is 0 Å². The molecule has 13 aromatic rings. The molecular formula is C61H56Ag2BrK2N12NaO9S2. The summed E-state index contributed by atoms with van der Waals surface area (Å²) in [6.45, 7) is -0.0694. The average molecular weight is 1560 g/mol. The van der Waals surface area contributed by atoms with Crippen LogP contribution in [0.3, 0.4) is 0 Å². The Hall–Kier alpha value is -4.10. The van der Waals surface area contributed by atoms with Gasteiger partial charge in [0, 0.05) is 256 Å². The first-order valence-electron chi connectivity index (χ1n) is 25.3. The Bertz CT molecular complexity index is 4620. The molecule has 13 rings (SSSR count). The van der Waals surface area contributed by atoms with Gasteiger partial charge in [-0.25, -0.2) is 45.0 Å². The SMILES string of the molecule is C.Cn1cc(-c2c[nH]c3ncc(Cc4ccccc4)cc23)cn1.Cn1cc(-c2cn(S(=O)(=O)c3ccccc3)c3ncc(Br)cc23)cn1.Cn1cc(-c2cn(S(=O)(=O)c3ccccc3)c3ncc(Cc4ccccc4)cc23)cn1.O=COO.[Ag].[K].[K].[Na+].[OH-].[O]=[Ag]. The standard InChI is InChI=1S/C24H20N4O2S.C18H16N4.C17H13BrN4O2S.CH2O3.CH4.2Ag.2K.Na.H2O.O/c1-27-16-20(15-26-27)23-17-28(31(29,30)21-10-6-3-7-11-21)24-22(23)13-19(14-25-24)12-18-8-4-2-5-9-18;1-22-12-15(10-21-22)17-11-20-18-16(17)8-14(9-19-18)7-13-5-3-2-4-6-13;1-21-10-12(8-20-21)16-11-22(17-15(16)7-13(18)9-19-17)25(23,24)14-5-3-2-4-6-14;2-1-4-3;;;;;;;;/h2-11,13-17H,12H2,1H3;2-6,8-12H,7H2,1H3,(H,19,20);2-11H,1H3;1,3H;1H4;;;;;;1H2;/q;;;;;;;;;+1;;/p-1. The average Bonchev–Trinajstić information content (AvgIpc) is 1.62. The molecule has 458 valence electrons. The van der Waals surface area contributed by atoms with E-state index in [0.717, 1.165) is 71.6 Å². The van der Waals surface area contributed by atoms with Crippen molar-refractivity contribution in [3.63, 3.8) is 0 Å². The summed E-state index contributed by atoms with van der Waals surface area (Å²) in [7, 11) is -1.96. The van der Waals surface area contributed by atoms with Crippen molar-refractivity contribution in [2.45, 2.75) is 30.1 Å². The number of nitrogens with one attached hydrogen (secondary N) is 1. The Balaban J connectivity index is 0.000000331. The summed E-state index contributed by atoms with van der Waals surface area (Å²) in [6, 6.07) is 43.4. The van der Waals surface area contributed by atoms with Crippen LogP contribution < -0.4 is 29.6 Å². The molecule has 0 aliphatic rings. The van der Waals surface area contributed by atoms with Crippen molar-refractivity contribution in [3.8, 4) is 33.4 Å². The molecule has 0 unspecified atom stereocenters. The van der Waals surface area contributed by atoms with Crippen molar-refractivity contribution >= 4 is 178 Å². The number of rotatable bonds is 12. The fourth-order valence-electron chi connectivity index (χ4n) is 9.24. The van der Waals surface area contributed by atoms with Gasteiger partial charge in [-0.15, -0.1) is 0 Å². The van der Waals surface area contributed by atoms with E-state index >= 15 is 0 Å². The second kappa shape index (κ2) is 37.7. The maximum atomic E-state index is 13.4. The van der Waals surface area contributed by atoms with Gasteiger partial charge < -0.3 is 15.3 Å². The first-order chi connectivity index (χ1) is 40.7. The van der Waals surface area contributed by atoms with Gasteiger partial charge >= 0.3 is 60.3 Å². The van der Waals surface area contributed by atoms with Crippen LogP contribution in [0, 0.1) is 0 Å². The molecule has 0 aliphatic heterocycles. The third-order valence-electron chi connectivity index (χ3n) is 13.0. The minimum absolute atomic E-state index is 0. The third kappa shape index (κ3) is 19.5. The molecule has 0 atom stereocenters. The van der Waals surface area contributed by atoms with Crippen molar-refractivity contribution in [2.24, 2.45) is 21.1 Å². The number of carbonyl (C=O) groups excluding carboxylic acids is 1. The van der Waals surface area contributed by atoms with E-state index in [2.05, 4.69) is 98.5 Å². The monoisotopic (exact) mass is 1560 g/mol. The van der Waals surface area contributed by atoms with E-state index in [4.69, 9.17) is 13.3 Å². The van der Waals surface area contributed by atoms with Crippen LogP contribution >= 0.6 is 15.9 Å². The van der Waals surface area contributed by atoms with Crippen molar-refractivity contribution < 1.29 is 113 Å². The van der Waals surface area contributed by atoms with Gasteiger partial charge in [0.25, 0.3) is 20.0 Å². The molecule has 90 heavy (non-hydrogen) atoms. The zero-order valence-corrected chi connectivity index (χ0v) is 63.1. The number of aromatic nitrogens is 12. The fourth-order valence-corrected chi connectivity index (χ4v) is 12.3. The van der Waals surface area contributed by atoms with Crippen molar-refractivity contribution in [3.05, 3.63) is 241 Å². The molecule has 0 spiro atoms. The number of benzene rings is 4. The minimum atomic E-state index is -3.79. The predicted octanol–water partition coefficient (Wildman–Crippen LogP) is 7.47. The number of H-pyrrole nitrogens is 1. The quantitative estimate of drug-likeness (QED) is 0.0519. The number of pyridine rings is 3. The molecule has 29 heteroatoms. The molecule has 3 N–H and O–H groups in total. The Labute approximate surface area is 663 Å². The van der Waals surface area contributed by atoms with E-state index in [1.165, 1.54) is 24.6 Å². The van der Waals surface area contributed by atoms with Crippen LogP contribution in [0.15, 0.2) is 228 Å². The zero-order chi connectivity index (χ0) is 59.4. The Morgan fingerprint density at radius 3 is 1.28 bits per heavy atom. The van der Waals surface area contributed by atoms with Gasteiger partial charge in [-0.2, -0.15) is 15.3 Å². The molecule has 21 nitrogen and oxygen atoms in total. The van der Waals surface area contributed by atoms with Crippen LogP contribution in [0.1, 0.15) is 29.7 Å². The summed E-state index contributed by atoms with van der Waals surface area (Å²) in [5.41, 5.74) is 11.8. The number of hydrogen-bond donors (Lipinski definition) is 2. The third-order valence-corrected chi connectivity index (χ3v) is 16.8.